The van der Waals surface area contributed by atoms with Gasteiger partial charge in [0.1, 0.15) is 5.76 Å². The van der Waals surface area contributed by atoms with Crippen molar-refractivity contribution in [2.75, 3.05) is 6.61 Å². The van der Waals surface area contributed by atoms with Crippen molar-refractivity contribution in [1.82, 2.24) is 10.5 Å². The Labute approximate surface area is 114 Å². The molecule has 0 radical (unpaired) electrons. The van der Waals surface area contributed by atoms with E-state index in [2.05, 4.69) is 10.5 Å². The average Bonchev–Trinajstić information content (AvgIpc) is 2.66. The second-order valence-electron chi connectivity index (χ2n) is 5.18. The van der Waals surface area contributed by atoms with Gasteiger partial charge < -0.3 is 14.9 Å². The molecule has 5 heteroatoms. The lowest BCUT2D eigenvalue weighted by atomic mass is 9.96. The van der Waals surface area contributed by atoms with Crippen LogP contribution >= 0.6 is 0 Å². The van der Waals surface area contributed by atoms with Gasteiger partial charge in [-0.05, 0) is 39.5 Å². The molecule has 1 aromatic heterocycles. The molecule has 1 rings (SSSR count). The molecule has 1 heterocycles. The predicted molar refractivity (Wildman–Crippen MR) is 72.9 cm³/mol. The van der Waals surface area contributed by atoms with Gasteiger partial charge in [-0.3, -0.25) is 4.79 Å². The van der Waals surface area contributed by atoms with Crippen LogP contribution in [0.25, 0.3) is 0 Å². The van der Waals surface area contributed by atoms with Gasteiger partial charge in [-0.15, -0.1) is 0 Å². The number of carbonyl (C=O) groups excluding carboxylic acids is 1. The van der Waals surface area contributed by atoms with Gasteiger partial charge in [0.2, 0.25) is 5.91 Å². The number of aliphatic hydroxyl groups is 1. The minimum Gasteiger partial charge on any atom is -0.396 e. The Balaban J connectivity index is 2.48. The standard InChI is InChI=1S/C14H24N2O3/c1-9(14-11(3)16-19-12(14)4)8-13(18)15-10(2)6-5-7-17/h9-10,17H,5-8H2,1-4H3,(H,15,18). The van der Waals surface area contributed by atoms with E-state index in [1.54, 1.807) is 0 Å². The van der Waals surface area contributed by atoms with E-state index in [4.69, 9.17) is 9.63 Å². The lowest BCUT2D eigenvalue weighted by Gasteiger charge is -2.16. The van der Waals surface area contributed by atoms with Crippen molar-refractivity contribution >= 4 is 5.91 Å². The second kappa shape index (κ2) is 7.28. The van der Waals surface area contributed by atoms with Crippen LogP contribution < -0.4 is 5.32 Å². The van der Waals surface area contributed by atoms with Gasteiger partial charge in [0.25, 0.3) is 0 Å². The molecule has 1 aromatic rings. The summed E-state index contributed by atoms with van der Waals surface area (Å²) in [4.78, 5) is 11.9. The van der Waals surface area contributed by atoms with E-state index < -0.39 is 0 Å². The van der Waals surface area contributed by atoms with Crippen LogP contribution in [0.15, 0.2) is 4.52 Å². The molecule has 0 aliphatic carbocycles. The van der Waals surface area contributed by atoms with Gasteiger partial charge in [0.15, 0.2) is 0 Å². The summed E-state index contributed by atoms with van der Waals surface area (Å²) in [6.07, 6.45) is 1.93. The van der Waals surface area contributed by atoms with Crippen molar-refractivity contribution in [3.63, 3.8) is 0 Å². The molecule has 2 unspecified atom stereocenters. The molecule has 0 fully saturated rings. The number of hydrogen-bond donors (Lipinski definition) is 2. The number of carbonyl (C=O) groups is 1. The Morgan fingerprint density at radius 1 is 1.42 bits per heavy atom. The topological polar surface area (TPSA) is 75.4 Å². The van der Waals surface area contributed by atoms with Gasteiger partial charge >= 0.3 is 0 Å². The number of aromatic nitrogens is 1. The van der Waals surface area contributed by atoms with E-state index in [9.17, 15) is 4.79 Å². The molecular formula is C14H24N2O3. The number of hydrogen-bond acceptors (Lipinski definition) is 4. The number of nitrogens with one attached hydrogen (secondary N) is 1. The minimum absolute atomic E-state index is 0.0259. The number of nitrogens with zero attached hydrogens (tertiary/aromatic N) is 1. The first-order chi connectivity index (χ1) is 8.95. The van der Waals surface area contributed by atoms with Crippen LogP contribution in [0.5, 0.6) is 0 Å². The monoisotopic (exact) mass is 268 g/mol. The van der Waals surface area contributed by atoms with E-state index in [0.717, 1.165) is 23.4 Å². The summed E-state index contributed by atoms with van der Waals surface area (Å²) in [5, 5.41) is 15.6. The summed E-state index contributed by atoms with van der Waals surface area (Å²) in [6.45, 7) is 7.88. The van der Waals surface area contributed by atoms with Crippen molar-refractivity contribution in [2.24, 2.45) is 0 Å². The van der Waals surface area contributed by atoms with Crippen molar-refractivity contribution in [2.45, 2.75) is 58.9 Å². The highest BCUT2D eigenvalue weighted by molar-refractivity contribution is 5.77. The molecule has 0 aliphatic rings. The highest BCUT2D eigenvalue weighted by Crippen LogP contribution is 2.25. The number of aryl methyl sites for hydroxylation is 2. The third kappa shape index (κ3) is 4.67. The lowest BCUT2D eigenvalue weighted by Crippen LogP contribution is -2.33. The largest absolute Gasteiger partial charge is 0.396 e. The molecule has 0 saturated heterocycles. The molecule has 5 nitrogen and oxygen atoms in total. The first kappa shape index (κ1) is 15.7. The molecule has 0 spiro atoms. The van der Waals surface area contributed by atoms with Crippen LogP contribution in [0, 0.1) is 13.8 Å². The highest BCUT2D eigenvalue weighted by atomic mass is 16.5. The molecule has 108 valence electrons. The average molecular weight is 268 g/mol. The Kier molecular flexibility index (Phi) is 6.02. The fraction of sp³-hybridized carbons (Fsp3) is 0.714. The molecule has 19 heavy (non-hydrogen) atoms. The normalized spacial score (nSPS) is 14.2. The Morgan fingerprint density at radius 3 is 2.63 bits per heavy atom. The van der Waals surface area contributed by atoms with Crippen LogP contribution in [-0.4, -0.2) is 28.8 Å². The van der Waals surface area contributed by atoms with Gasteiger partial charge in [-0.1, -0.05) is 12.1 Å². The van der Waals surface area contributed by atoms with Crippen LogP contribution in [-0.2, 0) is 4.79 Å². The van der Waals surface area contributed by atoms with E-state index in [1.807, 2.05) is 27.7 Å². The van der Waals surface area contributed by atoms with Gasteiger partial charge in [-0.25, -0.2) is 0 Å². The van der Waals surface area contributed by atoms with E-state index in [0.29, 0.717) is 12.8 Å². The fourth-order valence-electron chi connectivity index (χ4n) is 2.38. The predicted octanol–water partition coefficient (Wildman–Crippen LogP) is 2.06. The maximum Gasteiger partial charge on any atom is 0.220 e. The third-order valence-electron chi connectivity index (χ3n) is 3.28. The lowest BCUT2D eigenvalue weighted by molar-refractivity contribution is -0.122. The summed E-state index contributed by atoms with van der Waals surface area (Å²) in [5.41, 5.74) is 1.88. The Morgan fingerprint density at radius 2 is 2.11 bits per heavy atom. The summed E-state index contributed by atoms with van der Waals surface area (Å²) in [5.74, 6) is 0.903. The molecule has 0 saturated carbocycles. The zero-order valence-electron chi connectivity index (χ0n) is 12.2. The van der Waals surface area contributed by atoms with Crippen molar-refractivity contribution in [1.29, 1.82) is 0 Å². The van der Waals surface area contributed by atoms with Gasteiger partial charge in [-0.2, -0.15) is 0 Å². The highest BCUT2D eigenvalue weighted by Gasteiger charge is 2.19. The third-order valence-corrected chi connectivity index (χ3v) is 3.28. The van der Waals surface area contributed by atoms with E-state index in [-0.39, 0.29) is 24.5 Å². The molecule has 1 amide bonds. The number of amides is 1. The van der Waals surface area contributed by atoms with Crippen LogP contribution in [0.3, 0.4) is 0 Å². The quantitative estimate of drug-likeness (QED) is 0.793. The number of aliphatic hydroxyl groups excluding tert-OH is 1. The van der Waals surface area contributed by atoms with E-state index in [1.165, 1.54) is 0 Å². The van der Waals surface area contributed by atoms with Crippen LogP contribution in [0.1, 0.15) is 56.0 Å². The van der Waals surface area contributed by atoms with Gasteiger partial charge in [0.05, 0.1) is 5.69 Å². The second-order valence-corrected chi connectivity index (χ2v) is 5.18. The summed E-state index contributed by atoms with van der Waals surface area (Å²) in [7, 11) is 0. The van der Waals surface area contributed by atoms with Crippen molar-refractivity contribution in [3.8, 4) is 0 Å². The Hall–Kier alpha value is -1.36. The molecule has 0 bridgehead atoms. The first-order valence-corrected chi connectivity index (χ1v) is 6.78. The maximum atomic E-state index is 11.9. The Bertz CT molecular complexity index is 395. The summed E-state index contributed by atoms with van der Waals surface area (Å²) < 4.78 is 5.12. The minimum atomic E-state index is 0.0259. The smallest absolute Gasteiger partial charge is 0.220 e. The molecule has 2 N–H and O–H groups in total. The molecule has 2 atom stereocenters. The fourth-order valence-corrected chi connectivity index (χ4v) is 2.38. The maximum absolute atomic E-state index is 11.9. The zero-order chi connectivity index (χ0) is 14.4. The molecular weight excluding hydrogens is 244 g/mol. The zero-order valence-corrected chi connectivity index (χ0v) is 12.2. The van der Waals surface area contributed by atoms with E-state index >= 15 is 0 Å². The summed E-state index contributed by atoms with van der Waals surface area (Å²) in [6, 6.07) is 0.0940. The first-order valence-electron chi connectivity index (χ1n) is 6.78. The van der Waals surface area contributed by atoms with Crippen LogP contribution in [0.4, 0.5) is 0 Å². The summed E-state index contributed by atoms with van der Waals surface area (Å²) >= 11 is 0. The van der Waals surface area contributed by atoms with Crippen molar-refractivity contribution in [3.05, 3.63) is 17.0 Å². The van der Waals surface area contributed by atoms with Crippen molar-refractivity contribution < 1.29 is 14.4 Å². The molecule has 0 aromatic carbocycles. The molecule has 0 aliphatic heterocycles. The van der Waals surface area contributed by atoms with Crippen LogP contribution in [0.2, 0.25) is 0 Å². The SMILES string of the molecule is Cc1noc(C)c1C(C)CC(=O)NC(C)CCCO. The van der Waals surface area contributed by atoms with Gasteiger partial charge in [0, 0.05) is 24.6 Å². The number of rotatable bonds is 7.